The molecule has 3 heterocycles. The highest BCUT2D eigenvalue weighted by Gasteiger charge is 2.36. The van der Waals surface area contributed by atoms with E-state index in [4.69, 9.17) is 31.5 Å². The summed E-state index contributed by atoms with van der Waals surface area (Å²) in [6, 6.07) is 11.5. The minimum Gasteiger partial charge on any atom is -0.493 e. The lowest BCUT2D eigenvalue weighted by atomic mass is 10.1. The Morgan fingerprint density at radius 1 is 1.13 bits per heavy atom. The largest absolute Gasteiger partial charge is 0.493 e. The van der Waals surface area contributed by atoms with Crippen molar-refractivity contribution in [1.29, 1.82) is 0 Å². The Balaban J connectivity index is 1.39. The summed E-state index contributed by atoms with van der Waals surface area (Å²) in [6.07, 6.45) is 4.54. The van der Waals surface area contributed by atoms with Gasteiger partial charge in [-0.25, -0.2) is 14.2 Å². The molecule has 4 aromatic rings. The van der Waals surface area contributed by atoms with Gasteiger partial charge in [-0.15, -0.1) is 0 Å². The van der Waals surface area contributed by atoms with E-state index in [-0.39, 0.29) is 24.1 Å². The summed E-state index contributed by atoms with van der Waals surface area (Å²) in [6.45, 7) is 3.93. The predicted molar refractivity (Wildman–Crippen MR) is 146 cm³/mol. The van der Waals surface area contributed by atoms with Crippen LogP contribution in [0.1, 0.15) is 26.7 Å². The van der Waals surface area contributed by atoms with Crippen molar-refractivity contribution in [2.45, 2.75) is 38.8 Å². The number of halogens is 1. The first kappa shape index (κ1) is 26.7. The molecule has 3 aromatic heterocycles. The average Bonchev–Trinajstić information content (AvgIpc) is 3.69. The van der Waals surface area contributed by atoms with E-state index in [0.29, 0.717) is 39.2 Å². The number of carbonyl (C=O) groups excluding carboxylic acids is 1. The van der Waals surface area contributed by atoms with Crippen molar-refractivity contribution < 1.29 is 19.0 Å². The Bertz CT molecular complexity index is 1540. The van der Waals surface area contributed by atoms with Crippen molar-refractivity contribution in [1.82, 2.24) is 18.9 Å². The fourth-order valence-electron chi connectivity index (χ4n) is 4.24. The van der Waals surface area contributed by atoms with Gasteiger partial charge in [0, 0.05) is 12.3 Å². The summed E-state index contributed by atoms with van der Waals surface area (Å²) in [5.74, 6) is 0.693. The van der Waals surface area contributed by atoms with Crippen molar-refractivity contribution >= 4 is 23.2 Å². The Kier molecular flexibility index (Phi) is 7.58. The zero-order valence-electron chi connectivity index (χ0n) is 21.9. The van der Waals surface area contributed by atoms with Gasteiger partial charge in [0.05, 0.1) is 29.2 Å². The minimum atomic E-state index is -0.680. The number of rotatable bonds is 10. The number of hydrogen-bond acceptors (Lipinski definition) is 8. The summed E-state index contributed by atoms with van der Waals surface area (Å²) in [4.78, 5) is 34.7. The van der Waals surface area contributed by atoms with E-state index in [1.54, 1.807) is 42.5 Å². The van der Waals surface area contributed by atoms with E-state index < -0.39 is 18.1 Å². The molecule has 1 aromatic carbocycles. The van der Waals surface area contributed by atoms with E-state index in [0.717, 1.165) is 12.8 Å². The van der Waals surface area contributed by atoms with Crippen LogP contribution in [0.15, 0.2) is 59.8 Å². The topological polar surface area (TPSA) is 123 Å². The summed E-state index contributed by atoms with van der Waals surface area (Å²) in [5, 5.41) is 0.505. The summed E-state index contributed by atoms with van der Waals surface area (Å²) >= 11 is 5.98. The molecule has 0 amide bonds. The SMILES string of the molecule is COc1cc(-n2cnc3ccc(-c4ccc(Cl)cn4)n3c2=O)ccc1OC[C@@H](OC(=O)C(N)C(C)C)C1CC1. The molecule has 5 rings (SSSR count). The molecule has 1 aliphatic carbocycles. The maximum absolute atomic E-state index is 13.5. The second-order valence-corrected chi connectivity index (χ2v) is 10.3. The average molecular weight is 552 g/mol. The number of ether oxygens (including phenoxy) is 3. The number of methoxy groups -OCH3 is 1. The molecule has 2 N–H and O–H groups in total. The van der Waals surface area contributed by atoms with Crippen molar-refractivity contribution in [3.05, 3.63) is 70.5 Å². The molecule has 0 bridgehead atoms. The molecule has 204 valence electrons. The number of carbonyl (C=O) groups is 1. The van der Waals surface area contributed by atoms with Crippen LogP contribution in [0.5, 0.6) is 11.5 Å². The van der Waals surface area contributed by atoms with Gasteiger partial charge in [-0.1, -0.05) is 25.4 Å². The molecule has 10 nitrogen and oxygen atoms in total. The molecule has 11 heteroatoms. The Labute approximate surface area is 230 Å². The van der Waals surface area contributed by atoms with Crippen LogP contribution in [0, 0.1) is 11.8 Å². The van der Waals surface area contributed by atoms with Crippen LogP contribution < -0.4 is 20.9 Å². The van der Waals surface area contributed by atoms with Gasteiger partial charge in [-0.2, -0.15) is 0 Å². The first-order chi connectivity index (χ1) is 18.8. The highest BCUT2D eigenvalue weighted by atomic mass is 35.5. The van der Waals surface area contributed by atoms with Gasteiger partial charge in [-0.3, -0.25) is 14.3 Å². The van der Waals surface area contributed by atoms with E-state index in [2.05, 4.69) is 9.97 Å². The third-order valence-corrected chi connectivity index (χ3v) is 7.01. The summed E-state index contributed by atoms with van der Waals surface area (Å²) in [7, 11) is 1.52. The number of fused-ring (bicyclic) bond motifs is 1. The van der Waals surface area contributed by atoms with Gasteiger partial charge in [0.2, 0.25) is 0 Å². The fourth-order valence-corrected chi connectivity index (χ4v) is 4.35. The monoisotopic (exact) mass is 551 g/mol. The number of benzene rings is 1. The lowest BCUT2D eigenvalue weighted by molar-refractivity contribution is -0.154. The first-order valence-electron chi connectivity index (χ1n) is 12.7. The predicted octanol–water partition coefficient (Wildman–Crippen LogP) is 3.89. The standard InChI is InChI=1S/C28H30ClN5O5/c1-16(2)26(30)27(35)39-24(17-4-5-17)14-38-22-10-7-19(12-23(22)37-3)33-15-32-25-11-9-21(34(25)28(33)36)20-8-6-18(29)13-31-20/h6-13,15-17,24,26H,4-5,14,30H2,1-3H3/t24-,26?/m1/s1. The molecule has 1 unspecified atom stereocenters. The van der Waals surface area contributed by atoms with Gasteiger partial charge < -0.3 is 19.9 Å². The third-order valence-electron chi connectivity index (χ3n) is 6.79. The highest BCUT2D eigenvalue weighted by molar-refractivity contribution is 6.30. The molecule has 1 aliphatic rings. The van der Waals surface area contributed by atoms with Crippen molar-refractivity contribution in [2.24, 2.45) is 17.6 Å². The molecular formula is C28H30ClN5O5. The second kappa shape index (κ2) is 11.1. The maximum Gasteiger partial charge on any atom is 0.340 e. The molecule has 39 heavy (non-hydrogen) atoms. The summed E-state index contributed by atoms with van der Waals surface area (Å²) < 4.78 is 20.2. The quantitative estimate of drug-likeness (QED) is 0.294. The van der Waals surface area contributed by atoms with E-state index in [1.165, 1.54) is 28.6 Å². The molecular weight excluding hydrogens is 522 g/mol. The van der Waals surface area contributed by atoms with Crippen LogP contribution in [-0.2, 0) is 9.53 Å². The maximum atomic E-state index is 13.5. The van der Waals surface area contributed by atoms with Gasteiger partial charge in [0.15, 0.2) is 11.5 Å². The highest BCUT2D eigenvalue weighted by Crippen LogP contribution is 2.36. The van der Waals surface area contributed by atoms with Crippen LogP contribution in [-0.4, -0.2) is 50.8 Å². The first-order valence-corrected chi connectivity index (χ1v) is 13.1. The van der Waals surface area contributed by atoms with E-state index in [1.807, 2.05) is 13.8 Å². The number of aromatic nitrogens is 4. The van der Waals surface area contributed by atoms with E-state index >= 15 is 0 Å². The Hall–Kier alpha value is -3.89. The lowest BCUT2D eigenvalue weighted by Crippen LogP contribution is -2.40. The number of esters is 1. The van der Waals surface area contributed by atoms with Gasteiger partial charge in [0.25, 0.3) is 0 Å². The van der Waals surface area contributed by atoms with Crippen LogP contribution >= 0.6 is 11.6 Å². The van der Waals surface area contributed by atoms with Crippen LogP contribution in [0.3, 0.4) is 0 Å². The third kappa shape index (κ3) is 5.62. The normalized spacial score (nSPS) is 14.8. The Morgan fingerprint density at radius 3 is 2.59 bits per heavy atom. The van der Waals surface area contributed by atoms with Crippen molar-refractivity contribution in [3.8, 4) is 28.6 Å². The Morgan fingerprint density at radius 2 is 1.92 bits per heavy atom. The molecule has 1 saturated carbocycles. The molecule has 0 spiro atoms. The fraction of sp³-hybridized carbons (Fsp3) is 0.357. The second-order valence-electron chi connectivity index (χ2n) is 9.90. The van der Waals surface area contributed by atoms with Crippen LogP contribution in [0.2, 0.25) is 5.02 Å². The molecule has 0 radical (unpaired) electrons. The lowest BCUT2D eigenvalue weighted by Gasteiger charge is -2.22. The number of hydrogen-bond donors (Lipinski definition) is 1. The van der Waals surface area contributed by atoms with Crippen LogP contribution in [0.4, 0.5) is 0 Å². The zero-order valence-corrected chi connectivity index (χ0v) is 22.7. The number of nitrogens with two attached hydrogens (primary N) is 1. The van der Waals surface area contributed by atoms with Crippen molar-refractivity contribution in [2.75, 3.05) is 13.7 Å². The number of pyridine rings is 1. The van der Waals surface area contributed by atoms with Crippen LogP contribution in [0.25, 0.3) is 22.7 Å². The molecule has 0 saturated heterocycles. The zero-order chi connectivity index (χ0) is 27.7. The molecule has 0 aliphatic heterocycles. The van der Waals surface area contributed by atoms with Gasteiger partial charge in [0.1, 0.15) is 30.7 Å². The smallest absolute Gasteiger partial charge is 0.340 e. The van der Waals surface area contributed by atoms with E-state index in [9.17, 15) is 9.59 Å². The molecule has 2 atom stereocenters. The molecule has 1 fully saturated rings. The minimum absolute atomic E-state index is 0.0203. The van der Waals surface area contributed by atoms with Gasteiger partial charge >= 0.3 is 11.7 Å². The summed E-state index contributed by atoms with van der Waals surface area (Å²) in [5.41, 5.74) is 7.86. The number of nitrogens with zero attached hydrogens (tertiary/aromatic N) is 4. The van der Waals surface area contributed by atoms with Crippen molar-refractivity contribution in [3.63, 3.8) is 0 Å². The van der Waals surface area contributed by atoms with Gasteiger partial charge in [-0.05, 0) is 61.1 Å².